The van der Waals surface area contributed by atoms with Crippen molar-refractivity contribution in [2.75, 3.05) is 13.2 Å². The Morgan fingerprint density at radius 3 is 0.824 bits per heavy atom. The van der Waals surface area contributed by atoms with E-state index in [0.29, 0.717) is 19.3 Å². The van der Waals surface area contributed by atoms with Crippen LogP contribution in [-0.4, -0.2) is 37.2 Å². The van der Waals surface area contributed by atoms with E-state index in [-0.39, 0.29) is 31.1 Å². The Balaban J connectivity index is 4.07. The van der Waals surface area contributed by atoms with Crippen molar-refractivity contribution in [3.05, 3.63) is 122 Å². The zero-order valence-corrected chi connectivity index (χ0v) is 48.1. The van der Waals surface area contributed by atoms with Crippen molar-refractivity contribution < 1.29 is 28.6 Å². The van der Waals surface area contributed by atoms with E-state index in [1.54, 1.807) is 0 Å². The van der Waals surface area contributed by atoms with Gasteiger partial charge in [0.05, 0.1) is 0 Å². The number of esters is 3. The molecular weight excluding hydrogens is 913 g/mol. The maximum absolute atomic E-state index is 12.8. The lowest BCUT2D eigenvalue weighted by Gasteiger charge is -2.18. The molecule has 74 heavy (non-hydrogen) atoms. The molecule has 0 spiro atoms. The third-order valence-electron chi connectivity index (χ3n) is 12.7. The standard InChI is InChI=1S/C68H112O6/c1-4-7-10-13-16-18-20-22-24-26-27-28-29-30-31-32-33-34-35-36-37-38-39-40-41-43-44-46-48-50-52-55-58-61-67(70)73-64-65(63-72-66(69)60-57-54-15-12-9-6-3)74-68(71)62-59-56-53-51-49-47-45-42-25-23-21-19-17-14-11-8-5-2/h7-8,10-11,16-19,22-25,27-28,30-31,33-34,45,47,65H,4-6,9,12-15,20-21,26,29,32,35-44,46,48-64H2,1-3H3/b10-7-,11-8-,18-16-,19-17-,24-22-,25-23-,28-27-,31-30-,34-33-,47-45-. The lowest BCUT2D eigenvalue weighted by molar-refractivity contribution is -0.167. The highest BCUT2D eigenvalue weighted by Crippen LogP contribution is 2.15. The summed E-state index contributed by atoms with van der Waals surface area (Å²) in [5.74, 6) is -0.922. The molecule has 6 nitrogen and oxygen atoms in total. The minimum atomic E-state index is -0.789. The second kappa shape index (κ2) is 61.4. The third kappa shape index (κ3) is 58.7. The molecule has 0 aliphatic rings. The minimum Gasteiger partial charge on any atom is -0.462 e. The summed E-state index contributed by atoms with van der Waals surface area (Å²) in [4.78, 5) is 37.9. The third-order valence-corrected chi connectivity index (χ3v) is 12.7. The number of ether oxygens (including phenoxy) is 3. The first-order valence-electron chi connectivity index (χ1n) is 30.5. The first-order chi connectivity index (χ1) is 36.5. The van der Waals surface area contributed by atoms with Gasteiger partial charge < -0.3 is 14.2 Å². The van der Waals surface area contributed by atoms with Crippen molar-refractivity contribution in [3.8, 4) is 0 Å². The van der Waals surface area contributed by atoms with Gasteiger partial charge in [0.1, 0.15) is 13.2 Å². The zero-order chi connectivity index (χ0) is 53.6. The second-order valence-corrected chi connectivity index (χ2v) is 19.9. The molecule has 0 saturated heterocycles. The summed E-state index contributed by atoms with van der Waals surface area (Å²) in [6.07, 6.45) is 85.3. The molecule has 420 valence electrons. The van der Waals surface area contributed by atoms with Crippen LogP contribution in [-0.2, 0) is 28.6 Å². The molecule has 0 saturated carbocycles. The topological polar surface area (TPSA) is 78.9 Å². The average Bonchev–Trinajstić information content (AvgIpc) is 3.40. The van der Waals surface area contributed by atoms with Gasteiger partial charge >= 0.3 is 17.9 Å². The Morgan fingerprint density at radius 2 is 0.527 bits per heavy atom. The molecule has 0 fully saturated rings. The molecule has 1 unspecified atom stereocenters. The summed E-state index contributed by atoms with van der Waals surface area (Å²) < 4.78 is 16.7. The maximum atomic E-state index is 12.8. The van der Waals surface area contributed by atoms with Crippen LogP contribution < -0.4 is 0 Å². The Labute approximate surface area is 456 Å². The van der Waals surface area contributed by atoms with E-state index in [1.807, 2.05) is 0 Å². The van der Waals surface area contributed by atoms with Crippen molar-refractivity contribution in [3.63, 3.8) is 0 Å². The van der Waals surface area contributed by atoms with Gasteiger partial charge in [0, 0.05) is 19.3 Å². The highest BCUT2D eigenvalue weighted by Gasteiger charge is 2.19. The average molecular weight is 1030 g/mol. The first kappa shape index (κ1) is 69.8. The number of carbonyl (C=O) groups excluding carboxylic acids is 3. The Bertz CT molecular complexity index is 1550. The summed E-state index contributed by atoms with van der Waals surface area (Å²) in [6, 6.07) is 0. The van der Waals surface area contributed by atoms with E-state index < -0.39 is 6.10 Å². The van der Waals surface area contributed by atoms with Crippen LogP contribution in [0, 0.1) is 0 Å². The van der Waals surface area contributed by atoms with Gasteiger partial charge in [-0.1, -0.05) is 264 Å². The van der Waals surface area contributed by atoms with Crippen LogP contribution in [0.1, 0.15) is 271 Å². The molecule has 1 atom stereocenters. The van der Waals surface area contributed by atoms with Crippen molar-refractivity contribution in [2.45, 2.75) is 277 Å². The lowest BCUT2D eigenvalue weighted by atomic mass is 10.0. The van der Waals surface area contributed by atoms with Gasteiger partial charge in [0.25, 0.3) is 0 Å². The first-order valence-corrected chi connectivity index (χ1v) is 30.5. The monoisotopic (exact) mass is 1020 g/mol. The molecule has 0 aromatic carbocycles. The molecule has 0 radical (unpaired) electrons. The fourth-order valence-corrected chi connectivity index (χ4v) is 8.20. The summed E-state index contributed by atoms with van der Waals surface area (Å²) in [7, 11) is 0. The summed E-state index contributed by atoms with van der Waals surface area (Å²) >= 11 is 0. The Morgan fingerprint density at radius 1 is 0.284 bits per heavy atom. The molecule has 0 N–H and O–H groups in total. The fourth-order valence-electron chi connectivity index (χ4n) is 8.20. The number of hydrogen-bond acceptors (Lipinski definition) is 6. The molecule has 0 aromatic rings. The zero-order valence-electron chi connectivity index (χ0n) is 48.1. The van der Waals surface area contributed by atoms with Crippen LogP contribution in [0.3, 0.4) is 0 Å². The van der Waals surface area contributed by atoms with Crippen molar-refractivity contribution in [2.24, 2.45) is 0 Å². The van der Waals surface area contributed by atoms with Crippen molar-refractivity contribution in [1.82, 2.24) is 0 Å². The molecule has 0 heterocycles. The fraction of sp³-hybridized carbons (Fsp3) is 0.662. The van der Waals surface area contributed by atoms with Gasteiger partial charge in [0.2, 0.25) is 0 Å². The highest BCUT2D eigenvalue weighted by atomic mass is 16.6. The molecule has 0 amide bonds. The SMILES string of the molecule is CC/C=C\C/C=C\C/C=C\C/C=C\C/C=C\C/C=C\CCCCCCCCCCCCCCCCC(=O)OCC(COC(=O)CCCCCCCC)OC(=O)CCCCCC/C=C\C/C=C\C/C=C\C/C=C\CC. The number of carbonyl (C=O) groups is 3. The van der Waals surface area contributed by atoms with Crippen LogP contribution in [0.5, 0.6) is 0 Å². The second-order valence-electron chi connectivity index (χ2n) is 19.9. The largest absolute Gasteiger partial charge is 0.462 e. The van der Waals surface area contributed by atoms with E-state index in [0.717, 1.165) is 135 Å². The van der Waals surface area contributed by atoms with Crippen LogP contribution in [0.15, 0.2) is 122 Å². The Kier molecular flexibility index (Phi) is 57.9. The normalized spacial score (nSPS) is 13.0. The summed E-state index contributed by atoms with van der Waals surface area (Å²) in [6.45, 7) is 6.33. The molecule has 0 aliphatic heterocycles. The number of allylic oxidation sites excluding steroid dienone is 20. The van der Waals surface area contributed by atoms with Crippen LogP contribution in [0.2, 0.25) is 0 Å². The summed E-state index contributed by atoms with van der Waals surface area (Å²) in [5, 5.41) is 0. The predicted molar refractivity (Wildman–Crippen MR) is 320 cm³/mol. The maximum Gasteiger partial charge on any atom is 0.306 e. The van der Waals surface area contributed by atoms with Gasteiger partial charge in [-0.25, -0.2) is 0 Å². The minimum absolute atomic E-state index is 0.0884. The van der Waals surface area contributed by atoms with Gasteiger partial charge in [-0.3, -0.25) is 14.4 Å². The van der Waals surface area contributed by atoms with Crippen molar-refractivity contribution in [1.29, 1.82) is 0 Å². The molecule has 0 aliphatic carbocycles. The highest BCUT2D eigenvalue weighted by molar-refractivity contribution is 5.71. The molecule has 0 bridgehead atoms. The predicted octanol–water partition coefficient (Wildman–Crippen LogP) is 20.8. The molecule has 0 aromatic heterocycles. The van der Waals surface area contributed by atoms with E-state index in [2.05, 4.69) is 142 Å². The van der Waals surface area contributed by atoms with Gasteiger partial charge in [-0.05, 0) is 109 Å². The number of hydrogen-bond donors (Lipinski definition) is 0. The van der Waals surface area contributed by atoms with Crippen molar-refractivity contribution >= 4 is 17.9 Å². The summed E-state index contributed by atoms with van der Waals surface area (Å²) in [5.41, 5.74) is 0. The number of unbranched alkanes of at least 4 members (excludes halogenated alkanes) is 23. The van der Waals surface area contributed by atoms with Gasteiger partial charge in [-0.15, -0.1) is 0 Å². The molecule has 6 heteroatoms. The molecular formula is C68H112O6. The smallest absolute Gasteiger partial charge is 0.306 e. The molecule has 0 rings (SSSR count). The van der Waals surface area contributed by atoms with E-state index >= 15 is 0 Å². The van der Waals surface area contributed by atoms with Gasteiger partial charge in [-0.2, -0.15) is 0 Å². The van der Waals surface area contributed by atoms with Crippen LogP contribution >= 0.6 is 0 Å². The Hall–Kier alpha value is -4.19. The van der Waals surface area contributed by atoms with Crippen LogP contribution in [0.25, 0.3) is 0 Å². The van der Waals surface area contributed by atoms with E-state index in [1.165, 1.54) is 96.3 Å². The number of rotatable bonds is 54. The van der Waals surface area contributed by atoms with Gasteiger partial charge in [0.15, 0.2) is 6.10 Å². The quantitative estimate of drug-likeness (QED) is 0.0261. The lowest BCUT2D eigenvalue weighted by Crippen LogP contribution is -2.30. The van der Waals surface area contributed by atoms with E-state index in [9.17, 15) is 14.4 Å². The van der Waals surface area contributed by atoms with E-state index in [4.69, 9.17) is 14.2 Å². The van der Waals surface area contributed by atoms with Crippen LogP contribution in [0.4, 0.5) is 0 Å².